The molecule has 3 unspecified atom stereocenters. The summed E-state index contributed by atoms with van der Waals surface area (Å²) in [4.78, 5) is 4.92. The van der Waals surface area contributed by atoms with Gasteiger partial charge in [-0.05, 0) is 56.7 Å². The highest BCUT2D eigenvalue weighted by Crippen LogP contribution is 2.48. The van der Waals surface area contributed by atoms with Gasteiger partial charge in [0.2, 0.25) is 0 Å². The number of hydrogen-bond donors (Lipinski definition) is 2. The van der Waals surface area contributed by atoms with E-state index in [1.807, 2.05) is 19.1 Å². The maximum Gasteiger partial charge on any atom is 0.191 e. The molecule has 1 aromatic carbocycles. The second-order valence-electron chi connectivity index (χ2n) is 7.78. The summed E-state index contributed by atoms with van der Waals surface area (Å²) in [5, 5.41) is 8.11. The van der Waals surface area contributed by atoms with Crippen LogP contribution in [0.3, 0.4) is 0 Å². The predicted octanol–water partition coefficient (Wildman–Crippen LogP) is 4.62. The van der Waals surface area contributed by atoms with Crippen molar-refractivity contribution in [3.8, 4) is 0 Å². The topological polar surface area (TPSA) is 53.5 Å². The molecule has 2 N–H and O–H groups in total. The first-order chi connectivity index (χ1) is 13.1. The highest BCUT2D eigenvalue weighted by atomic mass is 127. The SMILES string of the molecule is CCNC(=NCC1(c2ccc(Cl)cc2)CC1)NC1CCCC(S(=O)CC)C1.I. The summed E-state index contributed by atoms with van der Waals surface area (Å²) in [5.74, 6) is 1.65. The van der Waals surface area contributed by atoms with E-state index in [2.05, 4.69) is 29.7 Å². The van der Waals surface area contributed by atoms with Crippen molar-refractivity contribution in [2.45, 2.75) is 69.1 Å². The van der Waals surface area contributed by atoms with Crippen LogP contribution < -0.4 is 10.6 Å². The van der Waals surface area contributed by atoms with Gasteiger partial charge in [-0.3, -0.25) is 9.20 Å². The maximum absolute atomic E-state index is 12.2. The minimum atomic E-state index is -0.698. The number of aliphatic imine (C=N–C) groups is 1. The lowest BCUT2D eigenvalue weighted by atomic mass is 9.95. The zero-order valence-electron chi connectivity index (χ0n) is 16.9. The average molecular weight is 538 g/mol. The molecule has 1 aromatic rings. The standard InChI is InChI=1S/C21H32ClN3OS.HI/c1-3-23-20(25-18-6-5-7-19(14-18)27(26)4-2)24-15-21(12-13-21)16-8-10-17(22)11-9-16;/h8-11,18-19H,3-7,12-15H2,1-2H3,(H2,23,24,25);1H. The number of nitrogens with zero attached hydrogens (tertiary/aromatic N) is 1. The molecular formula is C21H33ClIN3OS. The van der Waals surface area contributed by atoms with Crippen molar-refractivity contribution in [2.75, 3.05) is 18.8 Å². The molecular weight excluding hydrogens is 505 g/mol. The fraction of sp³-hybridized carbons (Fsp3) is 0.667. The van der Waals surface area contributed by atoms with Gasteiger partial charge in [0, 0.05) is 44.8 Å². The fourth-order valence-electron chi connectivity index (χ4n) is 3.99. The van der Waals surface area contributed by atoms with E-state index in [1.165, 1.54) is 18.4 Å². The molecule has 0 aromatic heterocycles. The minimum Gasteiger partial charge on any atom is -0.357 e. The molecule has 2 fully saturated rings. The molecule has 28 heavy (non-hydrogen) atoms. The lowest BCUT2D eigenvalue weighted by Gasteiger charge is -2.30. The van der Waals surface area contributed by atoms with Crippen LogP contribution in [-0.2, 0) is 16.2 Å². The molecule has 0 bridgehead atoms. The van der Waals surface area contributed by atoms with Gasteiger partial charge < -0.3 is 10.6 Å². The van der Waals surface area contributed by atoms with Crippen LogP contribution in [0.25, 0.3) is 0 Å². The van der Waals surface area contributed by atoms with Gasteiger partial charge in [0.15, 0.2) is 5.96 Å². The van der Waals surface area contributed by atoms with Crippen molar-refractivity contribution in [2.24, 2.45) is 4.99 Å². The van der Waals surface area contributed by atoms with E-state index in [0.29, 0.717) is 11.3 Å². The summed E-state index contributed by atoms with van der Waals surface area (Å²) in [6.07, 6.45) is 6.70. The molecule has 0 saturated heterocycles. The number of benzene rings is 1. The summed E-state index contributed by atoms with van der Waals surface area (Å²) in [5.41, 5.74) is 1.51. The normalized spacial score (nSPS) is 24.8. The van der Waals surface area contributed by atoms with Gasteiger partial charge >= 0.3 is 0 Å². The van der Waals surface area contributed by atoms with Crippen molar-refractivity contribution >= 4 is 52.3 Å². The molecule has 158 valence electrons. The van der Waals surface area contributed by atoms with Gasteiger partial charge in [0.1, 0.15) is 0 Å². The summed E-state index contributed by atoms with van der Waals surface area (Å²) >= 11 is 6.03. The highest BCUT2D eigenvalue weighted by Gasteiger charge is 2.44. The summed E-state index contributed by atoms with van der Waals surface area (Å²) in [6.45, 7) is 5.75. The predicted molar refractivity (Wildman–Crippen MR) is 132 cm³/mol. The molecule has 0 aliphatic heterocycles. The van der Waals surface area contributed by atoms with Crippen LogP contribution >= 0.6 is 35.6 Å². The lowest BCUT2D eigenvalue weighted by Crippen LogP contribution is -2.47. The van der Waals surface area contributed by atoms with E-state index >= 15 is 0 Å². The number of nitrogens with one attached hydrogen (secondary N) is 2. The second kappa shape index (κ2) is 11.2. The van der Waals surface area contributed by atoms with Crippen LogP contribution in [0, 0.1) is 0 Å². The van der Waals surface area contributed by atoms with Crippen molar-refractivity contribution in [1.29, 1.82) is 0 Å². The number of rotatable bonds is 7. The fourth-order valence-corrected chi connectivity index (χ4v) is 5.46. The molecule has 0 heterocycles. The zero-order chi connectivity index (χ0) is 19.3. The molecule has 0 spiro atoms. The third-order valence-electron chi connectivity index (χ3n) is 5.82. The highest BCUT2D eigenvalue weighted by molar-refractivity contribution is 14.0. The first-order valence-electron chi connectivity index (χ1n) is 10.2. The smallest absolute Gasteiger partial charge is 0.191 e. The Balaban J connectivity index is 0.00000280. The lowest BCUT2D eigenvalue weighted by molar-refractivity contribution is 0.413. The molecule has 0 amide bonds. The molecule has 0 radical (unpaired) electrons. The van der Waals surface area contributed by atoms with Gasteiger partial charge in [-0.2, -0.15) is 0 Å². The molecule has 7 heteroatoms. The summed E-state index contributed by atoms with van der Waals surface area (Å²) in [7, 11) is -0.698. The molecule has 4 nitrogen and oxygen atoms in total. The minimum absolute atomic E-state index is 0. The van der Waals surface area contributed by atoms with E-state index in [9.17, 15) is 4.21 Å². The molecule has 3 atom stereocenters. The van der Waals surface area contributed by atoms with Crippen LogP contribution in [0.2, 0.25) is 5.02 Å². The summed E-state index contributed by atoms with van der Waals surface area (Å²) < 4.78 is 12.2. The van der Waals surface area contributed by atoms with Gasteiger partial charge in [0.05, 0.1) is 6.54 Å². The van der Waals surface area contributed by atoms with Gasteiger partial charge in [-0.1, -0.05) is 37.1 Å². The van der Waals surface area contributed by atoms with Crippen molar-refractivity contribution in [3.05, 3.63) is 34.9 Å². The van der Waals surface area contributed by atoms with Crippen LogP contribution in [0.15, 0.2) is 29.3 Å². The molecule has 3 rings (SSSR count). The molecule has 2 aliphatic rings. The van der Waals surface area contributed by atoms with Gasteiger partial charge in [0.25, 0.3) is 0 Å². The molecule has 2 saturated carbocycles. The quantitative estimate of drug-likeness (QED) is 0.303. The Labute approximate surface area is 194 Å². The van der Waals surface area contributed by atoms with E-state index in [0.717, 1.165) is 55.5 Å². The van der Waals surface area contributed by atoms with E-state index in [1.54, 1.807) is 0 Å². The van der Waals surface area contributed by atoms with Crippen LogP contribution in [0.1, 0.15) is 57.9 Å². The first-order valence-corrected chi connectivity index (χ1v) is 12.0. The Hall–Kier alpha value is -0.340. The third-order valence-corrected chi connectivity index (χ3v) is 7.81. The van der Waals surface area contributed by atoms with Crippen molar-refractivity contribution in [3.63, 3.8) is 0 Å². The van der Waals surface area contributed by atoms with Crippen LogP contribution in [-0.4, -0.2) is 40.3 Å². The van der Waals surface area contributed by atoms with Crippen LogP contribution in [0.5, 0.6) is 0 Å². The molecule has 2 aliphatic carbocycles. The maximum atomic E-state index is 12.2. The van der Waals surface area contributed by atoms with Gasteiger partial charge in [-0.15, -0.1) is 24.0 Å². The summed E-state index contributed by atoms with van der Waals surface area (Å²) in [6, 6.07) is 8.58. The largest absolute Gasteiger partial charge is 0.357 e. The Kier molecular flexibility index (Phi) is 9.54. The number of halogens is 2. The third kappa shape index (κ3) is 6.33. The number of guanidine groups is 1. The van der Waals surface area contributed by atoms with E-state index in [4.69, 9.17) is 16.6 Å². The van der Waals surface area contributed by atoms with E-state index < -0.39 is 10.8 Å². The number of hydrogen-bond acceptors (Lipinski definition) is 2. The van der Waals surface area contributed by atoms with Gasteiger partial charge in [-0.25, -0.2) is 0 Å². The van der Waals surface area contributed by atoms with Crippen molar-refractivity contribution < 1.29 is 4.21 Å². The monoisotopic (exact) mass is 537 g/mol. The Morgan fingerprint density at radius 1 is 1.25 bits per heavy atom. The Bertz CT molecular complexity index is 679. The average Bonchev–Trinajstić information content (AvgIpc) is 3.47. The second-order valence-corrected chi connectivity index (χ2v) is 10.2. The zero-order valence-corrected chi connectivity index (χ0v) is 20.8. The van der Waals surface area contributed by atoms with Crippen molar-refractivity contribution in [1.82, 2.24) is 10.6 Å². The Morgan fingerprint density at radius 3 is 2.57 bits per heavy atom. The first kappa shape index (κ1) is 23.9. The van der Waals surface area contributed by atoms with Crippen LogP contribution in [0.4, 0.5) is 0 Å². The van der Waals surface area contributed by atoms with E-state index in [-0.39, 0.29) is 29.4 Å². The Morgan fingerprint density at radius 2 is 1.96 bits per heavy atom.